The molecule has 0 saturated carbocycles. The number of halogens is 2. The van der Waals surface area contributed by atoms with Crippen LogP contribution in [0.1, 0.15) is 26.7 Å². The smallest absolute Gasteiger partial charge is 0.134 e. The van der Waals surface area contributed by atoms with Crippen LogP contribution in [0, 0.1) is 16.7 Å². The summed E-state index contributed by atoms with van der Waals surface area (Å²) >= 11 is 6.87. The van der Waals surface area contributed by atoms with Crippen molar-refractivity contribution in [3.05, 3.63) is 21.1 Å². The van der Waals surface area contributed by atoms with Crippen molar-refractivity contribution in [2.24, 2.45) is 5.41 Å². The molecule has 0 aliphatic rings. The minimum Gasteiger partial charge on any atom is -0.496 e. The summed E-state index contributed by atoms with van der Waals surface area (Å²) in [7, 11) is 1.62. The van der Waals surface area contributed by atoms with Crippen LogP contribution in [0.3, 0.4) is 0 Å². The largest absolute Gasteiger partial charge is 0.496 e. The third-order valence-corrected chi connectivity index (χ3v) is 3.95. The number of benzene rings is 1. The Morgan fingerprint density at radius 2 is 1.79 bits per heavy atom. The third-order valence-electron chi connectivity index (χ3n) is 2.71. The van der Waals surface area contributed by atoms with Gasteiger partial charge in [0.15, 0.2) is 0 Å². The summed E-state index contributed by atoms with van der Waals surface area (Å²) in [6.07, 6.45) is 1.66. The molecule has 3 nitrogen and oxygen atoms in total. The van der Waals surface area contributed by atoms with Crippen molar-refractivity contribution in [1.29, 1.82) is 5.26 Å². The summed E-state index contributed by atoms with van der Waals surface area (Å²) in [6, 6.07) is 6.02. The lowest BCUT2D eigenvalue weighted by Gasteiger charge is -2.15. The summed E-state index contributed by atoms with van der Waals surface area (Å²) in [6.45, 7) is 4.46. The Bertz CT molecular complexity index is 481. The summed E-state index contributed by atoms with van der Waals surface area (Å²) < 4.78 is 12.6. The van der Waals surface area contributed by atoms with Gasteiger partial charge in [0.25, 0.3) is 0 Å². The summed E-state index contributed by atoms with van der Waals surface area (Å²) in [5.41, 5.74) is -0.291. The lowest BCUT2D eigenvalue weighted by atomic mass is 9.90. The molecule has 19 heavy (non-hydrogen) atoms. The van der Waals surface area contributed by atoms with E-state index in [1.807, 2.05) is 26.0 Å². The number of nitrogens with zero attached hydrogens (tertiary/aromatic N) is 1. The van der Waals surface area contributed by atoms with Crippen LogP contribution in [0.5, 0.6) is 11.5 Å². The first-order valence-corrected chi connectivity index (χ1v) is 7.55. The van der Waals surface area contributed by atoms with Gasteiger partial charge in [0.1, 0.15) is 11.5 Å². The lowest BCUT2D eigenvalue weighted by molar-refractivity contribution is 0.282. The molecule has 1 rings (SSSR count). The molecule has 0 N–H and O–H groups in total. The molecule has 0 heterocycles. The van der Waals surface area contributed by atoms with Crippen LogP contribution in [0.2, 0.25) is 0 Å². The Kier molecular flexibility index (Phi) is 6.15. The van der Waals surface area contributed by atoms with E-state index >= 15 is 0 Å². The maximum Gasteiger partial charge on any atom is 0.134 e. The second-order valence-corrected chi connectivity index (χ2v) is 6.57. The monoisotopic (exact) mass is 389 g/mol. The summed E-state index contributed by atoms with van der Waals surface area (Å²) in [5.74, 6) is 1.52. The fourth-order valence-corrected chi connectivity index (χ4v) is 2.45. The van der Waals surface area contributed by atoms with Crippen molar-refractivity contribution >= 4 is 31.9 Å². The molecule has 0 fully saturated rings. The molecule has 0 amide bonds. The topological polar surface area (TPSA) is 42.2 Å². The number of rotatable bonds is 6. The van der Waals surface area contributed by atoms with Gasteiger partial charge in [-0.15, -0.1) is 0 Å². The Balaban J connectivity index is 2.55. The number of hydrogen-bond acceptors (Lipinski definition) is 3. The first kappa shape index (κ1) is 16.3. The van der Waals surface area contributed by atoms with E-state index in [0.29, 0.717) is 6.61 Å². The molecule has 1 aromatic carbocycles. The molecule has 0 spiro atoms. The SMILES string of the molecule is COc1cc(Br)c(OCCCC(C)(C)C#N)cc1Br. The minimum atomic E-state index is -0.291. The highest BCUT2D eigenvalue weighted by Crippen LogP contribution is 2.36. The van der Waals surface area contributed by atoms with Crippen molar-refractivity contribution < 1.29 is 9.47 Å². The molecule has 0 aliphatic carbocycles. The average Bonchev–Trinajstić information content (AvgIpc) is 2.38. The molecule has 0 aromatic heterocycles. The zero-order valence-corrected chi connectivity index (χ0v) is 14.5. The van der Waals surface area contributed by atoms with Crippen LogP contribution in [0.25, 0.3) is 0 Å². The number of hydrogen-bond donors (Lipinski definition) is 0. The van der Waals surface area contributed by atoms with Crippen molar-refractivity contribution in [1.82, 2.24) is 0 Å². The van der Waals surface area contributed by atoms with Crippen LogP contribution in [-0.2, 0) is 0 Å². The Labute approximate surface area is 131 Å². The van der Waals surface area contributed by atoms with E-state index in [1.54, 1.807) is 7.11 Å². The highest BCUT2D eigenvalue weighted by molar-refractivity contribution is 9.11. The minimum absolute atomic E-state index is 0.291. The Morgan fingerprint density at radius 1 is 1.21 bits per heavy atom. The van der Waals surface area contributed by atoms with Crippen molar-refractivity contribution in [2.75, 3.05) is 13.7 Å². The normalized spacial score (nSPS) is 10.9. The van der Waals surface area contributed by atoms with Gasteiger partial charge in [-0.3, -0.25) is 0 Å². The predicted molar refractivity (Wildman–Crippen MR) is 82.5 cm³/mol. The van der Waals surface area contributed by atoms with E-state index < -0.39 is 0 Å². The van der Waals surface area contributed by atoms with E-state index in [2.05, 4.69) is 37.9 Å². The predicted octanol–water partition coefficient (Wildman–Crippen LogP) is 4.93. The van der Waals surface area contributed by atoms with Crippen LogP contribution < -0.4 is 9.47 Å². The summed E-state index contributed by atoms with van der Waals surface area (Å²) in [5, 5.41) is 8.93. The van der Waals surface area contributed by atoms with Crippen molar-refractivity contribution in [2.45, 2.75) is 26.7 Å². The molecular formula is C14H17Br2NO2. The van der Waals surface area contributed by atoms with Crippen molar-refractivity contribution in [3.8, 4) is 17.6 Å². The molecule has 0 atom stereocenters. The molecule has 0 saturated heterocycles. The molecule has 1 aromatic rings. The quantitative estimate of drug-likeness (QED) is 0.646. The van der Waals surface area contributed by atoms with Gasteiger partial charge in [0.05, 0.1) is 34.1 Å². The third kappa shape index (κ3) is 5.04. The fraction of sp³-hybridized carbons (Fsp3) is 0.500. The maximum absolute atomic E-state index is 8.93. The maximum atomic E-state index is 8.93. The highest BCUT2D eigenvalue weighted by Gasteiger charge is 2.16. The Hall–Kier alpha value is -0.730. The van der Waals surface area contributed by atoms with Gasteiger partial charge in [-0.05, 0) is 70.7 Å². The van der Waals surface area contributed by atoms with E-state index in [1.165, 1.54) is 0 Å². The van der Waals surface area contributed by atoms with E-state index in [9.17, 15) is 0 Å². The molecule has 5 heteroatoms. The van der Waals surface area contributed by atoms with E-state index in [0.717, 1.165) is 33.3 Å². The van der Waals surface area contributed by atoms with Gasteiger partial charge < -0.3 is 9.47 Å². The zero-order valence-electron chi connectivity index (χ0n) is 11.3. The van der Waals surface area contributed by atoms with E-state index in [4.69, 9.17) is 14.7 Å². The highest BCUT2D eigenvalue weighted by atomic mass is 79.9. The second-order valence-electron chi connectivity index (χ2n) is 4.86. The van der Waals surface area contributed by atoms with E-state index in [-0.39, 0.29) is 5.41 Å². The van der Waals surface area contributed by atoms with Gasteiger partial charge in [-0.25, -0.2) is 0 Å². The molecule has 0 aliphatic heterocycles. The average molecular weight is 391 g/mol. The van der Waals surface area contributed by atoms with Gasteiger partial charge in [0.2, 0.25) is 0 Å². The molecule has 104 valence electrons. The molecule has 0 bridgehead atoms. The number of methoxy groups -OCH3 is 1. The van der Waals surface area contributed by atoms with Gasteiger partial charge in [0, 0.05) is 0 Å². The molecular weight excluding hydrogens is 374 g/mol. The van der Waals surface area contributed by atoms with Crippen LogP contribution in [-0.4, -0.2) is 13.7 Å². The number of ether oxygens (including phenoxy) is 2. The van der Waals surface area contributed by atoms with Crippen LogP contribution in [0.15, 0.2) is 21.1 Å². The van der Waals surface area contributed by atoms with Crippen LogP contribution >= 0.6 is 31.9 Å². The van der Waals surface area contributed by atoms with Gasteiger partial charge >= 0.3 is 0 Å². The first-order valence-electron chi connectivity index (χ1n) is 5.96. The standard InChI is InChI=1S/C14H17Br2NO2/c1-14(2,9-17)5-4-6-19-13-8-10(15)12(18-3)7-11(13)16/h7-8H,4-6H2,1-3H3. The van der Waals surface area contributed by atoms with Gasteiger partial charge in [-0.2, -0.15) is 5.26 Å². The lowest BCUT2D eigenvalue weighted by Crippen LogP contribution is -2.10. The van der Waals surface area contributed by atoms with Crippen molar-refractivity contribution in [3.63, 3.8) is 0 Å². The summed E-state index contributed by atoms with van der Waals surface area (Å²) in [4.78, 5) is 0. The molecule has 0 radical (unpaired) electrons. The second kappa shape index (κ2) is 7.16. The fourth-order valence-electron chi connectivity index (χ4n) is 1.53. The molecule has 0 unspecified atom stereocenters. The number of nitriles is 1. The Morgan fingerprint density at radius 3 is 2.37 bits per heavy atom. The van der Waals surface area contributed by atoms with Gasteiger partial charge in [-0.1, -0.05) is 0 Å². The first-order chi connectivity index (χ1) is 8.89. The zero-order chi connectivity index (χ0) is 14.5. The van der Waals surface area contributed by atoms with Crippen LogP contribution in [0.4, 0.5) is 0 Å².